The molecular weight excluding hydrogens is 255 g/mol. The lowest BCUT2D eigenvalue weighted by molar-refractivity contribution is 0.414. The van der Waals surface area contributed by atoms with Crippen molar-refractivity contribution in [2.75, 3.05) is 12.8 Å². The maximum atomic E-state index is 13.2. The highest BCUT2D eigenvalue weighted by Crippen LogP contribution is 2.22. The zero-order valence-corrected chi connectivity index (χ0v) is 11.1. The van der Waals surface area contributed by atoms with E-state index in [0.29, 0.717) is 12.2 Å². The number of fused-ring (bicyclic) bond motifs is 1. The molecule has 0 fully saturated rings. The number of ether oxygens (including phenoxy) is 1. The Balaban J connectivity index is 1.99. The lowest BCUT2D eigenvalue weighted by Gasteiger charge is -2.09. The molecule has 0 unspecified atom stereocenters. The number of nitrogen functional groups attached to an aromatic ring is 1. The van der Waals surface area contributed by atoms with E-state index in [9.17, 15) is 4.39 Å². The SMILES string of the molecule is COc1cc(N)cc(Cn2ccc3cc(F)ccc32)c1. The quantitative estimate of drug-likeness (QED) is 0.741. The summed E-state index contributed by atoms with van der Waals surface area (Å²) in [4.78, 5) is 0. The molecule has 0 aliphatic rings. The van der Waals surface area contributed by atoms with Crippen molar-refractivity contribution in [3.8, 4) is 5.75 Å². The highest BCUT2D eigenvalue weighted by Gasteiger charge is 2.05. The zero-order chi connectivity index (χ0) is 14.1. The van der Waals surface area contributed by atoms with Crippen LogP contribution in [-0.2, 0) is 6.54 Å². The van der Waals surface area contributed by atoms with E-state index in [1.54, 1.807) is 19.2 Å². The Morgan fingerprint density at radius 1 is 1.15 bits per heavy atom. The smallest absolute Gasteiger partial charge is 0.123 e. The molecule has 102 valence electrons. The first-order valence-corrected chi connectivity index (χ1v) is 6.33. The van der Waals surface area contributed by atoms with Gasteiger partial charge in [-0.3, -0.25) is 0 Å². The lowest BCUT2D eigenvalue weighted by atomic mass is 10.2. The standard InChI is InChI=1S/C16H15FN2O/c1-20-15-7-11(6-14(18)9-15)10-19-5-4-12-8-13(17)2-3-16(12)19/h2-9H,10,18H2,1H3. The van der Waals surface area contributed by atoms with Gasteiger partial charge in [-0.2, -0.15) is 0 Å². The fourth-order valence-corrected chi connectivity index (χ4v) is 2.40. The fraction of sp³-hybridized carbons (Fsp3) is 0.125. The Kier molecular flexibility index (Phi) is 3.06. The number of aromatic nitrogens is 1. The van der Waals surface area contributed by atoms with Crippen LogP contribution in [0.2, 0.25) is 0 Å². The molecule has 3 aromatic rings. The molecule has 0 bridgehead atoms. The molecular formula is C16H15FN2O. The largest absolute Gasteiger partial charge is 0.497 e. The third-order valence-corrected chi connectivity index (χ3v) is 3.31. The second-order valence-electron chi connectivity index (χ2n) is 4.76. The van der Waals surface area contributed by atoms with Crippen molar-refractivity contribution in [1.82, 2.24) is 4.57 Å². The van der Waals surface area contributed by atoms with Gasteiger partial charge in [0, 0.05) is 35.4 Å². The second kappa shape index (κ2) is 4.89. The van der Waals surface area contributed by atoms with Gasteiger partial charge in [-0.05, 0) is 42.0 Å². The van der Waals surface area contributed by atoms with Gasteiger partial charge >= 0.3 is 0 Å². The van der Waals surface area contributed by atoms with Gasteiger partial charge < -0.3 is 15.0 Å². The third-order valence-electron chi connectivity index (χ3n) is 3.31. The van der Waals surface area contributed by atoms with E-state index in [0.717, 1.165) is 22.2 Å². The van der Waals surface area contributed by atoms with Crippen molar-refractivity contribution in [2.24, 2.45) is 0 Å². The highest BCUT2D eigenvalue weighted by molar-refractivity contribution is 5.80. The van der Waals surface area contributed by atoms with Crippen LogP contribution in [0.15, 0.2) is 48.7 Å². The van der Waals surface area contributed by atoms with Crippen LogP contribution in [0, 0.1) is 5.82 Å². The summed E-state index contributed by atoms with van der Waals surface area (Å²) < 4.78 is 20.5. The molecule has 0 spiro atoms. The summed E-state index contributed by atoms with van der Waals surface area (Å²) >= 11 is 0. The number of hydrogen-bond acceptors (Lipinski definition) is 2. The second-order valence-corrected chi connectivity index (χ2v) is 4.76. The molecule has 0 atom stereocenters. The van der Waals surface area contributed by atoms with Gasteiger partial charge in [0.05, 0.1) is 7.11 Å². The van der Waals surface area contributed by atoms with Crippen LogP contribution in [0.5, 0.6) is 5.75 Å². The van der Waals surface area contributed by atoms with Crippen LogP contribution in [0.3, 0.4) is 0 Å². The van der Waals surface area contributed by atoms with Crippen molar-refractivity contribution >= 4 is 16.6 Å². The number of benzene rings is 2. The first kappa shape index (κ1) is 12.5. The topological polar surface area (TPSA) is 40.2 Å². The molecule has 3 rings (SSSR count). The molecule has 0 amide bonds. The summed E-state index contributed by atoms with van der Waals surface area (Å²) in [6.45, 7) is 0.663. The summed E-state index contributed by atoms with van der Waals surface area (Å²) in [6.07, 6.45) is 1.94. The van der Waals surface area contributed by atoms with Gasteiger partial charge in [-0.15, -0.1) is 0 Å². The Bertz CT molecular complexity index is 764. The van der Waals surface area contributed by atoms with E-state index in [4.69, 9.17) is 10.5 Å². The number of hydrogen-bond donors (Lipinski definition) is 1. The molecule has 20 heavy (non-hydrogen) atoms. The van der Waals surface area contributed by atoms with Gasteiger partial charge in [-0.1, -0.05) is 0 Å². The number of nitrogens with two attached hydrogens (primary N) is 1. The van der Waals surface area contributed by atoms with Gasteiger partial charge in [-0.25, -0.2) is 4.39 Å². The Hall–Kier alpha value is -2.49. The van der Waals surface area contributed by atoms with Crippen molar-refractivity contribution in [1.29, 1.82) is 0 Å². The minimum absolute atomic E-state index is 0.221. The van der Waals surface area contributed by atoms with Gasteiger partial charge in [0.2, 0.25) is 0 Å². The Labute approximate surface area is 116 Å². The summed E-state index contributed by atoms with van der Waals surface area (Å²) in [5.41, 5.74) is 8.56. The van der Waals surface area contributed by atoms with Gasteiger partial charge in [0.25, 0.3) is 0 Å². The molecule has 0 saturated heterocycles. The van der Waals surface area contributed by atoms with Crippen molar-refractivity contribution in [2.45, 2.75) is 6.54 Å². The minimum Gasteiger partial charge on any atom is -0.497 e. The molecule has 4 heteroatoms. The number of methoxy groups -OCH3 is 1. The molecule has 3 nitrogen and oxygen atoms in total. The number of rotatable bonds is 3. The monoisotopic (exact) mass is 270 g/mol. The van der Waals surface area contributed by atoms with Gasteiger partial charge in [0.15, 0.2) is 0 Å². The molecule has 0 aliphatic heterocycles. The summed E-state index contributed by atoms with van der Waals surface area (Å²) in [7, 11) is 1.62. The van der Waals surface area contributed by atoms with Crippen molar-refractivity contribution in [3.63, 3.8) is 0 Å². The summed E-state index contributed by atoms with van der Waals surface area (Å²) in [5, 5.41) is 0.890. The molecule has 0 aliphatic carbocycles. The molecule has 1 aromatic heterocycles. The highest BCUT2D eigenvalue weighted by atomic mass is 19.1. The average molecular weight is 270 g/mol. The van der Waals surface area contributed by atoms with E-state index < -0.39 is 0 Å². The molecule has 1 heterocycles. The lowest BCUT2D eigenvalue weighted by Crippen LogP contribution is -2.00. The number of halogens is 1. The third kappa shape index (κ3) is 2.32. The first-order chi connectivity index (χ1) is 9.65. The normalized spacial score (nSPS) is 10.9. The maximum Gasteiger partial charge on any atom is 0.123 e. The van der Waals surface area contributed by atoms with Crippen molar-refractivity contribution in [3.05, 3.63) is 60.0 Å². The van der Waals surface area contributed by atoms with Crippen LogP contribution in [0.4, 0.5) is 10.1 Å². The predicted molar refractivity (Wildman–Crippen MR) is 78.4 cm³/mol. The van der Waals surface area contributed by atoms with Crippen LogP contribution in [0.1, 0.15) is 5.56 Å². The fourth-order valence-electron chi connectivity index (χ4n) is 2.40. The predicted octanol–water partition coefficient (Wildman–Crippen LogP) is 3.42. The van der Waals surface area contributed by atoms with Crippen molar-refractivity contribution < 1.29 is 9.13 Å². The van der Waals surface area contributed by atoms with Crippen LogP contribution >= 0.6 is 0 Å². The summed E-state index contributed by atoms with van der Waals surface area (Å²) in [5.74, 6) is 0.517. The summed E-state index contributed by atoms with van der Waals surface area (Å²) in [6, 6.07) is 12.3. The molecule has 2 aromatic carbocycles. The van der Waals surface area contributed by atoms with E-state index in [1.165, 1.54) is 12.1 Å². The number of anilines is 1. The molecule has 0 radical (unpaired) electrons. The van der Waals surface area contributed by atoms with E-state index in [-0.39, 0.29) is 5.82 Å². The molecule has 2 N–H and O–H groups in total. The van der Waals surface area contributed by atoms with Crippen LogP contribution in [-0.4, -0.2) is 11.7 Å². The maximum absolute atomic E-state index is 13.2. The molecule has 0 saturated carbocycles. The Morgan fingerprint density at radius 2 is 2.00 bits per heavy atom. The Morgan fingerprint density at radius 3 is 2.80 bits per heavy atom. The van der Waals surface area contributed by atoms with Crippen LogP contribution < -0.4 is 10.5 Å². The van der Waals surface area contributed by atoms with E-state index >= 15 is 0 Å². The first-order valence-electron chi connectivity index (χ1n) is 6.33. The minimum atomic E-state index is -0.221. The van der Waals surface area contributed by atoms with E-state index in [2.05, 4.69) is 4.57 Å². The number of nitrogens with zero attached hydrogens (tertiary/aromatic N) is 1. The van der Waals surface area contributed by atoms with Crippen LogP contribution in [0.25, 0.3) is 10.9 Å². The van der Waals surface area contributed by atoms with E-state index in [1.807, 2.05) is 24.4 Å². The average Bonchev–Trinajstić information content (AvgIpc) is 2.80. The zero-order valence-electron chi connectivity index (χ0n) is 11.1. The van der Waals surface area contributed by atoms with Gasteiger partial charge in [0.1, 0.15) is 11.6 Å².